The molecule has 0 spiro atoms. The number of benzene rings is 1. The normalized spacial score (nSPS) is 15.5. The Morgan fingerprint density at radius 2 is 1.84 bits per heavy atom. The molecule has 0 saturated carbocycles. The van der Waals surface area contributed by atoms with Gasteiger partial charge < -0.3 is 15.1 Å². The van der Waals surface area contributed by atoms with E-state index in [0.29, 0.717) is 0 Å². The van der Waals surface area contributed by atoms with Crippen molar-refractivity contribution in [1.82, 2.24) is 14.9 Å². The number of rotatable bonds is 6. The second-order valence-corrected chi connectivity index (χ2v) is 8.06. The minimum atomic E-state index is 0.767. The molecule has 1 fully saturated rings. The Hall–Kier alpha value is -3.51. The number of anilines is 2. The minimum absolute atomic E-state index is 0.767. The Morgan fingerprint density at radius 3 is 2.59 bits per heavy atom. The molecule has 6 heteroatoms. The molecule has 164 valence electrons. The van der Waals surface area contributed by atoms with Gasteiger partial charge in [0.25, 0.3) is 0 Å². The molecular weight excluding hydrogens is 396 g/mol. The molecule has 3 aromatic rings. The summed E-state index contributed by atoms with van der Waals surface area (Å²) in [7, 11) is 3.94. The summed E-state index contributed by atoms with van der Waals surface area (Å²) in [5.41, 5.74) is 4.05. The molecule has 2 aromatic heterocycles. The quantitative estimate of drug-likeness (QED) is 0.585. The molecular formula is C26H30N6. The molecule has 4 rings (SSSR count). The van der Waals surface area contributed by atoms with Crippen molar-refractivity contribution in [1.29, 1.82) is 0 Å². The predicted octanol–water partition coefficient (Wildman–Crippen LogP) is 4.57. The van der Waals surface area contributed by atoms with Gasteiger partial charge in [-0.1, -0.05) is 24.8 Å². The van der Waals surface area contributed by atoms with E-state index in [9.17, 15) is 0 Å². The molecule has 1 aliphatic heterocycles. The number of aromatic nitrogens is 2. The third-order valence-electron chi connectivity index (χ3n) is 5.83. The summed E-state index contributed by atoms with van der Waals surface area (Å²) in [4.78, 5) is 18.0. The highest BCUT2D eigenvalue weighted by molar-refractivity contribution is 6.10. The molecule has 0 amide bonds. The molecule has 32 heavy (non-hydrogen) atoms. The van der Waals surface area contributed by atoms with Gasteiger partial charge in [-0.15, -0.1) is 0 Å². The van der Waals surface area contributed by atoms with E-state index >= 15 is 0 Å². The van der Waals surface area contributed by atoms with E-state index in [2.05, 4.69) is 80.1 Å². The highest BCUT2D eigenvalue weighted by Crippen LogP contribution is 2.25. The zero-order chi connectivity index (χ0) is 22.5. The van der Waals surface area contributed by atoms with Crippen molar-refractivity contribution < 1.29 is 0 Å². The van der Waals surface area contributed by atoms with Crippen LogP contribution in [0.25, 0.3) is 22.0 Å². The lowest BCUT2D eigenvalue weighted by molar-refractivity contribution is 0.312. The number of piperazine rings is 1. The third-order valence-corrected chi connectivity index (χ3v) is 5.83. The van der Waals surface area contributed by atoms with Crippen LogP contribution in [0.4, 0.5) is 11.6 Å². The molecule has 0 bridgehead atoms. The number of aliphatic imine (C=N–C) groups is 1. The van der Waals surface area contributed by atoms with Crippen molar-refractivity contribution in [3.63, 3.8) is 0 Å². The monoisotopic (exact) mass is 426 g/mol. The minimum Gasteiger partial charge on any atom is -0.354 e. The number of hydrogen-bond donors (Lipinski definition) is 1. The number of pyridine rings is 2. The van der Waals surface area contributed by atoms with E-state index in [0.717, 1.165) is 71.0 Å². The number of fused-ring (bicyclic) bond motifs is 1. The van der Waals surface area contributed by atoms with Crippen LogP contribution in [0.5, 0.6) is 0 Å². The van der Waals surface area contributed by atoms with Crippen molar-refractivity contribution >= 4 is 39.9 Å². The zero-order valence-corrected chi connectivity index (χ0v) is 19.0. The van der Waals surface area contributed by atoms with Crippen molar-refractivity contribution in [3.8, 4) is 0 Å². The number of hydrogen-bond acceptors (Lipinski definition) is 6. The maximum Gasteiger partial charge on any atom is 0.130 e. The van der Waals surface area contributed by atoms with Gasteiger partial charge in [0.05, 0.1) is 0 Å². The fourth-order valence-electron chi connectivity index (χ4n) is 3.89. The SMILES string of the molecule is C=C(Nc1cc2cc(C(/C=N\C)=C/C)ccc2cn1)c1ccnc(N2CCN(C)CC2)c1. The number of nitrogens with zero attached hydrogens (tertiary/aromatic N) is 5. The van der Waals surface area contributed by atoms with Gasteiger partial charge in [0.2, 0.25) is 0 Å². The van der Waals surface area contributed by atoms with Crippen molar-refractivity contribution in [3.05, 3.63) is 72.6 Å². The lowest BCUT2D eigenvalue weighted by Gasteiger charge is -2.33. The Balaban J connectivity index is 1.54. The standard InChI is InChI=1S/C26H30N6/c1-5-20(17-27-3)22-6-7-23-18-29-25(15-24(23)14-22)30-19(2)21-8-9-28-26(16-21)32-12-10-31(4)11-13-32/h5-9,14-18H,2,10-13H2,1,3-4H3,(H,29,30)/b20-5+,27-17-. The fourth-order valence-corrected chi connectivity index (χ4v) is 3.89. The lowest BCUT2D eigenvalue weighted by atomic mass is 10.0. The summed E-state index contributed by atoms with van der Waals surface area (Å²) < 4.78 is 0. The van der Waals surface area contributed by atoms with Crippen LogP contribution in [-0.2, 0) is 0 Å². The van der Waals surface area contributed by atoms with Crippen LogP contribution in [0.2, 0.25) is 0 Å². The second kappa shape index (κ2) is 9.75. The van der Waals surface area contributed by atoms with Gasteiger partial charge >= 0.3 is 0 Å². The van der Waals surface area contributed by atoms with E-state index < -0.39 is 0 Å². The predicted molar refractivity (Wildman–Crippen MR) is 136 cm³/mol. The van der Waals surface area contributed by atoms with E-state index in [-0.39, 0.29) is 0 Å². The van der Waals surface area contributed by atoms with Gasteiger partial charge in [0.15, 0.2) is 0 Å². The highest BCUT2D eigenvalue weighted by atomic mass is 15.3. The molecule has 0 radical (unpaired) electrons. The van der Waals surface area contributed by atoms with E-state index in [4.69, 9.17) is 0 Å². The molecule has 0 unspecified atom stereocenters. The Labute approximate surface area is 190 Å². The lowest BCUT2D eigenvalue weighted by Crippen LogP contribution is -2.44. The molecule has 0 aliphatic carbocycles. The number of allylic oxidation sites excluding steroid dienone is 2. The van der Waals surface area contributed by atoms with Gasteiger partial charge in [-0.2, -0.15) is 0 Å². The maximum absolute atomic E-state index is 4.58. The van der Waals surface area contributed by atoms with Gasteiger partial charge in [-0.3, -0.25) is 4.99 Å². The largest absolute Gasteiger partial charge is 0.354 e. The Morgan fingerprint density at radius 1 is 1.03 bits per heavy atom. The molecule has 1 saturated heterocycles. The first-order valence-corrected chi connectivity index (χ1v) is 10.9. The summed E-state index contributed by atoms with van der Waals surface area (Å²) in [5.74, 6) is 1.76. The van der Waals surface area contributed by atoms with Crippen molar-refractivity contribution in [2.24, 2.45) is 4.99 Å². The number of nitrogens with one attached hydrogen (secondary N) is 1. The molecule has 6 nitrogen and oxygen atoms in total. The smallest absolute Gasteiger partial charge is 0.130 e. The molecule has 1 N–H and O–H groups in total. The summed E-state index contributed by atoms with van der Waals surface area (Å²) >= 11 is 0. The summed E-state index contributed by atoms with van der Waals surface area (Å²) in [6, 6.07) is 12.5. The maximum atomic E-state index is 4.58. The molecule has 1 aromatic carbocycles. The van der Waals surface area contributed by atoms with E-state index in [1.165, 1.54) is 0 Å². The topological polar surface area (TPSA) is 56.7 Å². The Kier molecular flexibility index (Phi) is 6.61. The van der Waals surface area contributed by atoms with Crippen LogP contribution in [0.15, 0.2) is 66.4 Å². The van der Waals surface area contributed by atoms with E-state index in [1.54, 1.807) is 7.05 Å². The van der Waals surface area contributed by atoms with Crippen LogP contribution in [0, 0.1) is 0 Å². The molecule has 1 aliphatic rings. The molecule has 3 heterocycles. The second-order valence-electron chi connectivity index (χ2n) is 8.06. The van der Waals surface area contributed by atoms with Gasteiger partial charge in [-0.25, -0.2) is 9.97 Å². The number of likely N-dealkylation sites (N-methyl/N-ethyl adjacent to an activating group) is 1. The summed E-state index contributed by atoms with van der Waals surface area (Å²) in [6.45, 7) is 10.3. The van der Waals surface area contributed by atoms with Gasteiger partial charge in [0, 0.05) is 68.5 Å². The molecule has 0 atom stereocenters. The first-order chi connectivity index (χ1) is 15.6. The Bertz CT molecular complexity index is 1170. The van der Waals surface area contributed by atoms with Crippen LogP contribution < -0.4 is 10.2 Å². The van der Waals surface area contributed by atoms with E-state index in [1.807, 2.05) is 31.6 Å². The zero-order valence-electron chi connectivity index (χ0n) is 19.0. The van der Waals surface area contributed by atoms with Crippen molar-refractivity contribution in [2.75, 3.05) is 50.5 Å². The van der Waals surface area contributed by atoms with Crippen LogP contribution >= 0.6 is 0 Å². The van der Waals surface area contributed by atoms with Crippen LogP contribution in [0.1, 0.15) is 18.1 Å². The van der Waals surface area contributed by atoms with Crippen LogP contribution in [-0.4, -0.2) is 61.4 Å². The third kappa shape index (κ3) is 4.86. The fraction of sp³-hybridized carbons (Fsp3) is 0.269. The average Bonchev–Trinajstić information content (AvgIpc) is 2.82. The highest BCUT2D eigenvalue weighted by Gasteiger charge is 2.16. The first-order valence-electron chi connectivity index (χ1n) is 10.9. The summed E-state index contributed by atoms with van der Waals surface area (Å²) in [5, 5.41) is 5.58. The first kappa shape index (κ1) is 21.7. The summed E-state index contributed by atoms with van der Waals surface area (Å²) in [6.07, 6.45) is 7.69. The van der Waals surface area contributed by atoms with Crippen molar-refractivity contribution in [2.45, 2.75) is 6.92 Å². The average molecular weight is 427 g/mol. The van der Waals surface area contributed by atoms with Gasteiger partial charge in [-0.05, 0) is 54.8 Å². The van der Waals surface area contributed by atoms with Crippen LogP contribution in [0.3, 0.4) is 0 Å². The van der Waals surface area contributed by atoms with Gasteiger partial charge in [0.1, 0.15) is 11.6 Å².